The number of hydrogen-bond donors (Lipinski definition) is 1. The van der Waals surface area contributed by atoms with Gasteiger partial charge in [0, 0.05) is 15.0 Å². The summed E-state index contributed by atoms with van der Waals surface area (Å²) in [5, 5.41) is 2.31. The molecule has 100 valence electrons. The van der Waals surface area contributed by atoms with Crippen molar-refractivity contribution in [2.75, 3.05) is 0 Å². The summed E-state index contributed by atoms with van der Waals surface area (Å²) in [5.74, 6) is -0.542. The number of carbonyl (C=O) groups excluding carboxylic acids is 1. The molecule has 1 aromatic carbocycles. The zero-order valence-corrected chi connectivity index (χ0v) is 12.5. The monoisotopic (exact) mass is 387 g/mol. The Hall–Kier alpha value is -0.560. The summed E-state index contributed by atoms with van der Waals surface area (Å²) in [4.78, 5) is 11.8. The fraction of sp³-hybridized carbons (Fsp3) is 0.364. The van der Waals surface area contributed by atoms with Crippen LogP contribution in [0.4, 0.5) is 13.2 Å². The Morgan fingerprint density at radius 1 is 1.39 bits per heavy atom. The molecule has 18 heavy (non-hydrogen) atoms. The summed E-state index contributed by atoms with van der Waals surface area (Å²) in [6, 6.07) is 3.94. The fourth-order valence-electron chi connectivity index (χ4n) is 1.37. The van der Waals surface area contributed by atoms with Crippen molar-refractivity contribution >= 4 is 37.8 Å². The van der Waals surface area contributed by atoms with Crippen LogP contribution in [-0.4, -0.2) is 18.1 Å². The van der Waals surface area contributed by atoms with E-state index >= 15 is 0 Å². The third-order valence-corrected chi connectivity index (χ3v) is 3.27. The summed E-state index contributed by atoms with van der Waals surface area (Å²) in [5.41, 5.74) is 0.290. The standard InChI is InChI=1S/C11H10Br2F3NO/c1-6(5-11(14,15)16)17-10(18)8-4-7(12)2-3-9(8)13/h2-4,6H,5H2,1H3,(H,17,18). The SMILES string of the molecule is CC(CC(F)(F)F)NC(=O)c1cc(Br)ccc1Br. The minimum Gasteiger partial charge on any atom is -0.349 e. The number of hydrogen-bond acceptors (Lipinski definition) is 1. The normalized spacial score (nSPS) is 13.2. The molecule has 0 aliphatic carbocycles. The van der Waals surface area contributed by atoms with E-state index in [4.69, 9.17) is 0 Å². The molecule has 2 nitrogen and oxygen atoms in total. The zero-order chi connectivity index (χ0) is 13.9. The van der Waals surface area contributed by atoms with Crippen molar-refractivity contribution in [2.45, 2.75) is 25.6 Å². The molecule has 0 heterocycles. The number of amides is 1. The quantitative estimate of drug-likeness (QED) is 0.822. The summed E-state index contributed by atoms with van der Waals surface area (Å²) in [6.45, 7) is 1.32. The van der Waals surface area contributed by atoms with Gasteiger partial charge in [-0.25, -0.2) is 0 Å². The number of benzene rings is 1. The Balaban J connectivity index is 2.74. The molecule has 1 N–H and O–H groups in total. The number of alkyl halides is 3. The third kappa shape index (κ3) is 4.97. The van der Waals surface area contributed by atoms with Crippen LogP contribution in [0.2, 0.25) is 0 Å². The Kier molecular flexibility index (Phi) is 5.21. The average molecular weight is 389 g/mol. The molecule has 0 radical (unpaired) electrons. The molecule has 1 aromatic rings. The van der Waals surface area contributed by atoms with Crippen LogP contribution >= 0.6 is 31.9 Å². The highest BCUT2D eigenvalue weighted by Gasteiger charge is 2.30. The van der Waals surface area contributed by atoms with Gasteiger partial charge in [-0.1, -0.05) is 15.9 Å². The minimum atomic E-state index is -4.29. The van der Waals surface area contributed by atoms with Crippen LogP contribution in [0.5, 0.6) is 0 Å². The lowest BCUT2D eigenvalue weighted by Crippen LogP contribution is -2.36. The number of halogens is 5. The Labute approximate surface area is 119 Å². The topological polar surface area (TPSA) is 29.1 Å². The van der Waals surface area contributed by atoms with E-state index in [1.807, 2.05) is 0 Å². The van der Waals surface area contributed by atoms with Gasteiger partial charge in [-0.05, 0) is 41.1 Å². The van der Waals surface area contributed by atoms with E-state index in [0.29, 0.717) is 14.5 Å². The Bertz CT molecular complexity index is 448. The largest absolute Gasteiger partial charge is 0.391 e. The third-order valence-electron chi connectivity index (χ3n) is 2.09. The van der Waals surface area contributed by atoms with Crippen molar-refractivity contribution in [3.8, 4) is 0 Å². The van der Waals surface area contributed by atoms with Crippen LogP contribution in [0.25, 0.3) is 0 Å². The maximum Gasteiger partial charge on any atom is 0.391 e. The molecule has 1 amide bonds. The summed E-state index contributed by atoms with van der Waals surface area (Å²) >= 11 is 6.38. The van der Waals surface area contributed by atoms with Gasteiger partial charge in [-0.2, -0.15) is 13.2 Å². The van der Waals surface area contributed by atoms with E-state index in [2.05, 4.69) is 37.2 Å². The highest BCUT2D eigenvalue weighted by atomic mass is 79.9. The number of nitrogens with one attached hydrogen (secondary N) is 1. The highest BCUT2D eigenvalue weighted by Crippen LogP contribution is 2.23. The van der Waals surface area contributed by atoms with Crippen molar-refractivity contribution < 1.29 is 18.0 Å². The van der Waals surface area contributed by atoms with Crippen LogP contribution in [-0.2, 0) is 0 Å². The molecule has 0 saturated heterocycles. The zero-order valence-electron chi connectivity index (χ0n) is 9.31. The molecule has 1 atom stereocenters. The predicted molar refractivity (Wildman–Crippen MR) is 69.4 cm³/mol. The first-order valence-corrected chi connectivity index (χ1v) is 6.60. The van der Waals surface area contributed by atoms with Crippen LogP contribution in [0, 0.1) is 0 Å². The average Bonchev–Trinajstić information content (AvgIpc) is 2.18. The van der Waals surface area contributed by atoms with E-state index in [1.165, 1.54) is 6.92 Å². The van der Waals surface area contributed by atoms with E-state index < -0.39 is 24.5 Å². The van der Waals surface area contributed by atoms with Crippen molar-refractivity contribution in [3.63, 3.8) is 0 Å². The van der Waals surface area contributed by atoms with Crippen molar-refractivity contribution in [1.29, 1.82) is 0 Å². The molecule has 1 unspecified atom stereocenters. The van der Waals surface area contributed by atoms with Gasteiger partial charge in [-0.3, -0.25) is 4.79 Å². The molecule has 0 spiro atoms. The first kappa shape index (κ1) is 15.5. The van der Waals surface area contributed by atoms with Crippen LogP contribution in [0.15, 0.2) is 27.1 Å². The molecule has 0 saturated carbocycles. The van der Waals surface area contributed by atoms with Crippen molar-refractivity contribution in [3.05, 3.63) is 32.7 Å². The molecule has 7 heteroatoms. The van der Waals surface area contributed by atoms with Gasteiger partial charge >= 0.3 is 6.18 Å². The predicted octanol–water partition coefficient (Wildman–Crippen LogP) is 4.28. The van der Waals surface area contributed by atoms with E-state index in [9.17, 15) is 18.0 Å². The second kappa shape index (κ2) is 6.06. The first-order valence-electron chi connectivity index (χ1n) is 5.01. The van der Waals surface area contributed by atoms with E-state index in [0.717, 1.165) is 0 Å². The van der Waals surface area contributed by atoms with Gasteiger partial charge in [0.2, 0.25) is 0 Å². The summed E-state index contributed by atoms with van der Waals surface area (Å²) in [6.07, 6.45) is -5.34. The van der Waals surface area contributed by atoms with Gasteiger partial charge in [-0.15, -0.1) is 0 Å². The number of carbonyl (C=O) groups is 1. The Morgan fingerprint density at radius 3 is 2.56 bits per heavy atom. The second-order valence-corrected chi connectivity index (χ2v) is 5.59. The summed E-state index contributed by atoms with van der Waals surface area (Å²) < 4.78 is 37.6. The van der Waals surface area contributed by atoms with Gasteiger partial charge in [0.25, 0.3) is 5.91 Å². The molecular formula is C11H10Br2F3NO. The van der Waals surface area contributed by atoms with Crippen LogP contribution < -0.4 is 5.32 Å². The van der Waals surface area contributed by atoms with Crippen LogP contribution in [0.3, 0.4) is 0 Å². The summed E-state index contributed by atoms with van der Waals surface area (Å²) in [7, 11) is 0. The lowest BCUT2D eigenvalue weighted by atomic mass is 10.2. The van der Waals surface area contributed by atoms with Crippen molar-refractivity contribution in [1.82, 2.24) is 5.32 Å². The molecule has 1 rings (SSSR count). The van der Waals surface area contributed by atoms with E-state index in [1.54, 1.807) is 18.2 Å². The first-order chi connectivity index (χ1) is 8.19. The van der Waals surface area contributed by atoms with Gasteiger partial charge in [0.05, 0.1) is 12.0 Å². The maximum absolute atomic E-state index is 12.1. The molecule has 0 bridgehead atoms. The van der Waals surface area contributed by atoms with E-state index in [-0.39, 0.29) is 0 Å². The molecule has 0 aliphatic heterocycles. The lowest BCUT2D eigenvalue weighted by Gasteiger charge is -2.16. The number of rotatable bonds is 3. The van der Waals surface area contributed by atoms with Crippen LogP contribution in [0.1, 0.15) is 23.7 Å². The molecule has 0 fully saturated rings. The lowest BCUT2D eigenvalue weighted by molar-refractivity contribution is -0.138. The maximum atomic E-state index is 12.1. The molecular weight excluding hydrogens is 379 g/mol. The smallest absolute Gasteiger partial charge is 0.349 e. The molecule has 0 aliphatic rings. The van der Waals surface area contributed by atoms with Crippen molar-refractivity contribution in [2.24, 2.45) is 0 Å². The molecule has 0 aromatic heterocycles. The highest BCUT2D eigenvalue weighted by molar-refractivity contribution is 9.11. The van der Waals surface area contributed by atoms with Gasteiger partial charge in [0.1, 0.15) is 0 Å². The van der Waals surface area contributed by atoms with Gasteiger partial charge < -0.3 is 5.32 Å². The second-order valence-electron chi connectivity index (χ2n) is 3.82. The fourth-order valence-corrected chi connectivity index (χ4v) is 2.16. The minimum absolute atomic E-state index is 0.290. The van der Waals surface area contributed by atoms with Gasteiger partial charge in [0.15, 0.2) is 0 Å². The Morgan fingerprint density at radius 2 is 2.00 bits per heavy atom.